The number of hydrogen-bond donors (Lipinski definition) is 1. The number of sulfonamides is 1. The van der Waals surface area contributed by atoms with Crippen molar-refractivity contribution < 1.29 is 30.4 Å². The van der Waals surface area contributed by atoms with Gasteiger partial charge in [-0.3, -0.25) is 9.40 Å². The Kier molecular flexibility index (Phi) is 5.65. The van der Waals surface area contributed by atoms with Crippen LogP contribution in [0.3, 0.4) is 0 Å². The topological polar surface area (TPSA) is 64.0 Å². The predicted octanol–water partition coefficient (Wildman–Crippen LogP) is 3.17. The zero-order valence-electron chi connectivity index (χ0n) is 13.0. The lowest BCUT2D eigenvalue weighted by molar-refractivity contribution is 0.367. The number of anilines is 1. The maximum Gasteiger partial charge on any atom is 0.233 e. The molecule has 0 unspecified atom stereocenters. The van der Waals surface area contributed by atoms with Crippen molar-refractivity contribution >= 4 is 15.8 Å². The van der Waals surface area contributed by atoms with Gasteiger partial charge in [0.2, 0.25) is 15.8 Å². The summed E-state index contributed by atoms with van der Waals surface area (Å²) in [5.41, 5.74) is -1.07. The minimum atomic E-state index is -3.64. The third-order valence-corrected chi connectivity index (χ3v) is 4.63. The molecule has 0 saturated heterocycles. The van der Waals surface area contributed by atoms with E-state index in [0.29, 0.717) is 12.8 Å². The molecule has 2 aromatic rings. The first-order chi connectivity index (χ1) is 11.7. The molecule has 25 heavy (non-hydrogen) atoms. The fourth-order valence-corrected chi connectivity index (χ4v) is 3.20. The third kappa shape index (κ3) is 4.27. The van der Waals surface area contributed by atoms with Gasteiger partial charge in [-0.15, -0.1) is 0 Å². The molecule has 0 radical (unpaired) electrons. The highest BCUT2D eigenvalue weighted by Crippen LogP contribution is 2.23. The van der Waals surface area contributed by atoms with E-state index < -0.39 is 51.2 Å². The average molecular weight is 383 g/mol. The number of benzene rings is 1. The maximum absolute atomic E-state index is 13.6. The summed E-state index contributed by atoms with van der Waals surface area (Å²) < 4.78 is 93.1. The molecule has 2 rings (SSSR count). The van der Waals surface area contributed by atoms with Gasteiger partial charge in [0, 0.05) is 12.3 Å². The fraction of sp³-hybridized carbons (Fsp3) is 0.357. The van der Waals surface area contributed by atoms with Gasteiger partial charge in [0.25, 0.3) is 0 Å². The molecular weight excluding hydrogens is 369 g/mol. The van der Waals surface area contributed by atoms with E-state index in [1.54, 1.807) is 0 Å². The Morgan fingerprint density at radius 1 is 1.04 bits per heavy atom. The van der Waals surface area contributed by atoms with Gasteiger partial charge in [0.05, 0.1) is 17.9 Å². The van der Waals surface area contributed by atoms with Crippen LogP contribution in [-0.2, 0) is 16.6 Å². The molecule has 5 nitrogen and oxygen atoms in total. The quantitative estimate of drug-likeness (QED) is 0.454. The second kappa shape index (κ2) is 7.38. The molecule has 1 aromatic carbocycles. The first-order valence-corrected chi connectivity index (χ1v) is 8.85. The van der Waals surface area contributed by atoms with Crippen LogP contribution in [0.1, 0.15) is 25.3 Å². The number of aromatic nitrogens is 2. The van der Waals surface area contributed by atoms with Gasteiger partial charge in [-0.25, -0.2) is 30.4 Å². The van der Waals surface area contributed by atoms with Crippen molar-refractivity contribution in [3.8, 4) is 0 Å². The van der Waals surface area contributed by atoms with Crippen LogP contribution in [0.5, 0.6) is 0 Å². The van der Waals surface area contributed by atoms with Crippen LogP contribution in [0.2, 0.25) is 0 Å². The summed E-state index contributed by atoms with van der Waals surface area (Å²) in [6.45, 7) is 1.05. The second-order valence-electron chi connectivity index (χ2n) is 5.22. The van der Waals surface area contributed by atoms with Crippen molar-refractivity contribution in [1.82, 2.24) is 9.78 Å². The second-order valence-corrected chi connectivity index (χ2v) is 7.06. The van der Waals surface area contributed by atoms with E-state index in [1.165, 1.54) is 6.07 Å². The Morgan fingerprint density at radius 2 is 1.60 bits per heavy atom. The minimum absolute atomic E-state index is 0.125. The normalized spacial score (nSPS) is 11.8. The van der Waals surface area contributed by atoms with Crippen LogP contribution in [0, 0.1) is 29.1 Å². The standard InChI is InChI=1S/C14H14F5N3O2S/c1-2-3-6-25(23,24)21-9-4-5-22(20-9)7-8-10(15)12(17)14(19)13(18)11(8)16/h4-5H,2-3,6-7H2,1H3,(H,20,21). The van der Waals surface area contributed by atoms with Crippen molar-refractivity contribution in [2.24, 2.45) is 0 Å². The monoisotopic (exact) mass is 383 g/mol. The van der Waals surface area contributed by atoms with Crippen molar-refractivity contribution in [3.05, 3.63) is 46.9 Å². The Balaban J connectivity index is 2.23. The summed E-state index contributed by atoms with van der Waals surface area (Å²) in [5, 5.41) is 3.72. The number of rotatable bonds is 7. The van der Waals surface area contributed by atoms with E-state index in [2.05, 4.69) is 9.82 Å². The maximum atomic E-state index is 13.6. The summed E-state index contributed by atoms with van der Waals surface area (Å²) in [6, 6.07) is 1.20. The lowest BCUT2D eigenvalue weighted by Gasteiger charge is -2.08. The van der Waals surface area contributed by atoms with Crippen LogP contribution in [-0.4, -0.2) is 24.0 Å². The van der Waals surface area contributed by atoms with E-state index in [4.69, 9.17) is 0 Å². The number of nitrogens with zero attached hydrogens (tertiary/aromatic N) is 2. The van der Waals surface area contributed by atoms with Crippen molar-refractivity contribution in [2.45, 2.75) is 26.3 Å². The van der Waals surface area contributed by atoms with Crippen molar-refractivity contribution in [1.29, 1.82) is 0 Å². The first kappa shape index (κ1) is 19.2. The summed E-state index contributed by atoms with van der Waals surface area (Å²) in [6.07, 6.45) is 2.24. The van der Waals surface area contributed by atoms with Gasteiger partial charge >= 0.3 is 0 Å². The molecule has 1 aromatic heterocycles. The number of nitrogens with one attached hydrogen (secondary N) is 1. The van der Waals surface area contributed by atoms with Gasteiger partial charge in [-0.2, -0.15) is 5.10 Å². The highest BCUT2D eigenvalue weighted by atomic mass is 32.2. The van der Waals surface area contributed by atoms with Crippen LogP contribution in [0.4, 0.5) is 27.8 Å². The van der Waals surface area contributed by atoms with Crippen molar-refractivity contribution in [2.75, 3.05) is 10.5 Å². The molecule has 1 heterocycles. The molecule has 0 atom stereocenters. The van der Waals surface area contributed by atoms with E-state index in [0.717, 1.165) is 10.9 Å². The summed E-state index contributed by atoms with van der Waals surface area (Å²) in [7, 11) is -3.64. The van der Waals surface area contributed by atoms with Gasteiger partial charge in [-0.05, 0) is 6.42 Å². The number of hydrogen-bond acceptors (Lipinski definition) is 3. The SMILES string of the molecule is CCCCS(=O)(=O)Nc1ccn(Cc2c(F)c(F)c(F)c(F)c2F)n1. The van der Waals surface area contributed by atoms with E-state index in [9.17, 15) is 30.4 Å². The largest absolute Gasteiger partial charge is 0.266 e. The van der Waals surface area contributed by atoms with E-state index in [1.807, 2.05) is 6.92 Å². The zero-order chi connectivity index (χ0) is 18.8. The van der Waals surface area contributed by atoms with Crippen LogP contribution < -0.4 is 4.72 Å². The molecule has 0 aliphatic heterocycles. The molecule has 0 aliphatic carbocycles. The molecular formula is C14H14F5N3O2S. The van der Waals surface area contributed by atoms with E-state index in [-0.39, 0.29) is 11.6 Å². The predicted molar refractivity (Wildman–Crippen MR) is 79.9 cm³/mol. The van der Waals surface area contributed by atoms with Gasteiger partial charge in [0.15, 0.2) is 29.1 Å². The highest BCUT2D eigenvalue weighted by molar-refractivity contribution is 7.92. The van der Waals surface area contributed by atoms with Crippen LogP contribution >= 0.6 is 0 Å². The van der Waals surface area contributed by atoms with E-state index >= 15 is 0 Å². The molecule has 0 saturated carbocycles. The summed E-state index contributed by atoms with van der Waals surface area (Å²) in [4.78, 5) is 0. The number of unbranched alkanes of at least 4 members (excludes halogenated alkanes) is 1. The minimum Gasteiger partial charge on any atom is -0.266 e. The first-order valence-electron chi connectivity index (χ1n) is 7.20. The fourth-order valence-electron chi connectivity index (χ4n) is 2.00. The van der Waals surface area contributed by atoms with Gasteiger partial charge in [-0.1, -0.05) is 13.3 Å². The molecule has 0 fully saturated rings. The number of halogens is 5. The van der Waals surface area contributed by atoms with Gasteiger partial charge < -0.3 is 0 Å². The Morgan fingerprint density at radius 3 is 2.16 bits per heavy atom. The van der Waals surface area contributed by atoms with Gasteiger partial charge in [0.1, 0.15) is 0 Å². The smallest absolute Gasteiger partial charge is 0.233 e. The average Bonchev–Trinajstić information content (AvgIpc) is 2.99. The summed E-state index contributed by atoms with van der Waals surface area (Å²) >= 11 is 0. The van der Waals surface area contributed by atoms with Crippen LogP contribution in [0.15, 0.2) is 12.3 Å². The molecule has 0 spiro atoms. The zero-order valence-corrected chi connectivity index (χ0v) is 13.8. The Labute approximate surface area is 140 Å². The lowest BCUT2D eigenvalue weighted by Crippen LogP contribution is -2.17. The van der Waals surface area contributed by atoms with Crippen molar-refractivity contribution in [3.63, 3.8) is 0 Å². The molecule has 0 aliphatic rings. The molecule has 0 bridgehead atoms. The molecule has 0 amide bonds. The molecule has 11 heteroatoms. The third-order valence-electron chi connectivity index (χ3n) is 3.29. The lowest BCUT2D eigenvalue weighted by atomic mass is 10.1. The molecule has 1 N–H and O–H groups in total. The highest BCUT2D eigenvalue weighted by Gasteiger charge is 2.26. The Bertz CT molecular complexity index is 854. The van der Waals surface area contributed by atoms with Crippen LogP contribution in [0.25, 0.3) is 0 Å². The Hall–Kier alpha value is -2.17. The summed E-state index contributed by atoms with van der Waals surface area (Å²) in [5.74, 6) is -10.5. The molecule has 138 valence electrons.